The Morgan fingerprint density at radius 1 is 1.23 bits per heavy atom. The highest BCUT2D eigenvalue weighted by Crippen LogP contribution is 2.23. The van der Waals surface area contributed by atoms with Crippen LogP contribution in [0.1, 0.15) is 12.8 Å². The predicted octanol–water partition coefficient (Wildman–Crippen LogP) is 3.65. The molecule has 1 aliphatic rings. The number of fused-ring (bicyclic) bond motifs is 1. The molecule has 26 heavy (non-hydrogen) atoms. The largest absolute Gasteiger partial charge is 0.465 e. The molecule has 7 nitrogen and oxygen atoms in total. The molecule has 0 radical (unpaired) electrons. The normalized spacial score (nSPS) is 15.5. The van der Waals surface area contributed by atoms with Gasteiger partial charge in [0.1, 0.15) is 0 Å². The third-order valence-corrected chi connectivity index (χ3v) is 5.26. The van der Waals surface area contributed by atoms with Crippen LogP contribution >= 0.6 is 15.9 Å². The molecule has 0 spiro atoms. The quantitative estimate of drug-likeness (QED) is 0.705. The molecule has 8 heteroatoms. The van der Waals surface area contributed by atoms with Gasteiger partial charge in [-0.05, 0) is 37.0 Å². The van der Waals surface area contributed by atoms with Crippen LogP contribution < -0.4 is 0 Å². The summed E-state index contributed by atoms with van der Waals surface area (Å²) >= 11 is 3.46. The molecule has 1 amide bonds. The summed E-state index contributed by atoms with van der Waals surface area (Å²) in [4.78, 5) is 21.6. The molecule has 3 heterocycles. The van der Waals surface area contributed by atoms with Crippen molar-refractivity contribution in [2.24, 2.45) is 5.92 Å². The number of hydrogen-bond donors (Lipinski definition) is 1. The van der Waals surface area contributed by atoms with E-state index in [2.05, 4.69) is 31.0 Å². The predicted molar refractivity (Wildman–Crippen MR) is 101 cm³/mol. The molecule has 134 valence electrons. The number of amides is 1. The van der Waals surface area contributed by atoms with Crippen LogP contribution in [0.25, 0.3) is 22.3 Å². The third kappa shape index (κ3) is 3.55. The number of halogens is 1. The fraction of sp³-hybridized carbons (Fsp3) is 0.333. The van der Waals surface area contributed by atoms with Crippen molar-refractivity contribution in [2.45, 2.75) is 19.4 Å². The molecule has 0 atom stereocenters. The van der Waals surface area contributed by atoms with Crippen molar-refractivity contribution in [1.82, 2.24) is 24.6 Å². The monoisotopic (exact) mass is 415 g/mol. The molecule has 1 aromatic carbocycles. The van der Waals surface area contributed by atoms with E-state index in [9.17, 15) is 4.79 Å². The van der Waals surface area contributed by atoms with E-state index in [4.69, 9.17) is 5.11 Å². The van der Waals surface area contributed by atoms with Crippen molar-refractivity contribution in [2.75, 3.05) is 13.1 Å². The van der Waals surface area contributed by atoms with Crippen molar-refractivity contribution in [3.63, 3.8) is 0 Å². The Kier molecular flexibility index (Phi) is 4.58. The van der Waals surface area contributed by atoms with E-state index in [0.717, 1.165) is 46.1 Å². The van der Waals surface area contributed by atoms with Crippen molar-refractivity contribution in [3.05, 3.63) is 41.3 Å². The lowest BCUT2D eigenvalue weighted by Crippen LogP contribution is -2.38. The van der Waals surface area contributed by atoms with Crippen LogP contribution in [-0.2, 0) is 6.54 Å². The summed E-state index contributed by atoms with van der Waals surface area (Å²) < 4.78 is 2.89. The molecule has 1 fully saturated rings. The van der Waals surface area contributed by atoms with Crippen LogP contribution in [-0.4, -0.2) is 48.9 Å². The lowest BCUT2D eigenvalue weighted by molar-refractivity contribution is 0.121. The van der Waals surface area contributed by atoms with Crippen LogP contribution in [0.2, 0.25) is 0 Å². The van der Waals surface area contributed by atoms with Gasteiger partial charge in [-0.2, -0.15) is 5.10 Å². The van der Waals surface area contributed by atoms with Gasteiger partial charge in [0.25, 0.3) is 0 Å². The number of nitrogens with zero attached hydrogens (tertiary/aromatic N) is 5. The minimum Gasteiger partial charge on any atom is -0.465 e. The maximum atomic E-state index is 11.0. The highest BCUT2D eigenvalue weighted by atomic mass is 79.9. The van der Waals surface area contributed by atoms with Crippen LogP contribution in [0, 0.1) is 5.92 Å². The van der Waals surface area contributed by atoms with E-state index in [1.54, 1.807) is 12.4 Å². The molecular formula is C18H18BrN5O2. The van der Waals surface area contributed by atoms with Crippen LogP contribution in [0.4, 0.5) is 4.79 Å². The Hall–Kier alpha value is -2.48. The van der Waals surface area contributed by atoms with Crippen molar-refractivity contribution < 1.29 is 9.90 Å². The van der Waals surface area contributed by atoms with Crippen LogP contribution in [0.15, 0.2) is 41.3 Å². The molecule has 2 aromatic heterocycles. The Bertz CT molecular complexity index is 950. The minimum absolute atomic E-state index is 0.442. The average molecular weight is 416 g/mol. The van der Waals surface area contributed by atoms with Gasteiger partial charge in [0.15, 0.2) is 0 Å². The maximum absolute atomic E-state index is 11.0. The van der Waals surface area contributed by atoms with E-state index in [-0.39, 0.29) is 0 Å². The number of carbonyl (C=O) groups is 1. The first-order valence-electron chi connectivity index (χ1n) is 8.51. The molecular weight excluding hydrogens is 398 g/mol. The molecule has 0 unspecified atom stereocenters. The summed E-state index contributed by atoms with van der Waals surface area (Å²) in [5.74, 6) is 0.442. The number of aromatic nitrogens is 4. The van der Waals surface area contributed by atoms with Gasteiger partial charge in [-0.15, -0.1) is 0 Å². The van der Waals surface area contributed by atoms with Crippen molar-refractivity contribution >= 4 is 33.1 Å². The first-order chi connectivity index (χ1) is 12.6. The van der Waals surface area contributed by atoms with Crippen molar-refractivity contribution in [3.8, 4) is 11.3 Å². The Morgan fingerprint density at radius 3 is 2.81 bits per heavy atom. The highest BCUT2D eigenvalue weighted by Gasteiger charge is 2.22. The standard InChI is InChI=1S/C18H18BrN5O2/c19-14-1-2-15-16(7-14)22-17(9-20-15)13-8-21-24(11-13)10-12-3-5-23(6-4-12)18(25)26/h1-2,7-9,11-12H,3-6,10H2,(H,25,26). The summed E-state index contributed by atoms with van der Waals surface area (Å²) in [5.41, 5.74) is 3.42. The van der Waals surface area contributed by atoms with E-state index < -0.39 is 6.09 Å². The fourth-order valence-electron chi connectivity index (χ4n) is 3.29. The molecule has 0 bridgehead atoms. The zero-order valence-corrected chi connectivity index (χ0v) is 15.6. The SMILES string of the molecule is O=C(O)N1CCC(Cn2cc(-c3cnc4ccc(Br)cc4n3)cn2)CC1. The number of piperidine rings is 1. The summed E-state index contributed by atoms with van der Waals surface area (Å²) in [5, 5.41) is 13.5. The summed E-state index contributed by atoms with van der Waals surface area (Å²) in [6.07, 6.45) is 6.46. The minimum atomic E-state index is -0.827. The van der Waals surface area contributed by atoms with E-state index in [1.807, 2.05) is 29.1 Å². The second-order valence-electron chi connectivity index (χ2n) is 6.55. The number of likely N-dealkylation sites (tertiary alicyclic amines) is 1. The number of rotatable bonds is 3. The van der Waals surface area contributed by atoms with Gasteiger partial charge in [0.2, 0.25) is 0 Å². The molecule has 1 N–H and O–H groups in total. The first kappa shape index (κ1) is 17.0. The van der Waals surface area contributed by atoms with Gasteiger partial charge in [0.05, 0.1) is 29.1 Å². The van der Waals surface area contributed by atoms with Gasteiger partial charge in [-0.1, -0.05) is 15.9 Å². The second-order valence-corrected chi connectivity index (χ2v) is 7.47. The number of benzene rings is 1. The first-order valence-corrected chi connectivity index (χ1v) is 9.31. The second kappa shape index (κ2) is 7.03. The highest BCUT2D eigenvalue weighted by molar-refractivity contribution is 9.10. The van der Waals surface area contributed by atoms with Crippen molar-refractivity contribution in [1.29, 1.82) is 0 Å². The van der Waals surface area contributed by atoms with E-state index in [1.165, 1.54) is 4.90 Å². The zero-order valence-electron chi connectivity index (χ0n) is 14.0. The van der Waals surface area contributed by atoms with Gasteiger partial charge < -0.3 is 10.0 Å². The Balaban J connectivity index is 1.47. The zero-order chi connectivity index (χ0) is 18.1. The maximum Gasteiger partial charge on any atom is 0.407 e. The fourth-order valence-corrected chi connectivity index (χ4v) is 3.64. The average Bonchev–Trinajstić information content (AvgIpc) is 3.10. The summed E-state index contributed by atoms with van der Waals surface area (Å²) in [6, 6.07) is 5.83. The smallest absolute Gasteiger partial charge is 0.407 e. The number of hydrogen-bond acceptors (Lipinski definition) is 4. The van der Waals surface area contributed by atoms with Gasteiger partial charge in [-0.25, -0.2) is 9.78 Å². The lowest BCUT2D eigenvalue weighted by Gasteiger charge is -2.29. The Labute approximate surface area is 158 Å². The van der Waals surface area contributed by atoms with E-state index >= 15 is 0 Å². The topological polar surface area (TPSA) is 84.1 Å². The molecule has 1 aliphatic heterocycles. The third-order valence-electron chi connectivity index (χ3n) is 4.76. The van der Waals surface area contributed by atoms with Crippen LogP contribution in [0.5, 0.6) is 0 Å². The summed E-state index contributed by atoms with van der Waals surface area (Å²) in [7, 11) is 0. The molecule has 4 rings (SSSR count). The number of carboxylic acid groups (broad SMARTS) is 1. The molecule has 0 aliphatic carbocycles. The summed E-state index contributed by atoms with van der Waals surface area (Å²) in [6.45, 7) is 1.98. The molecule has 0 saturated carbocycles. The van der Waals surface area contributed by atoms with Gasteiger partial charge >= 0.3 is 6.09 Å². The van der Waals surface area contributed by atoms with E-state index in [0.29, 0.717) is 19.0 Å². The molecule has 3 aromatic rings. The van der Waals surface area contributed by atoms with Gasteiger partial charge in [-0.3, -0.25) is 9.67 Å². The van der Waals surface area contributed by atoms with Gasteiger partial charge in [0, 0.05) is 35.9 Å². The Morgan fingerprint density at radius 2 is 2.04 bits per heavy atom. The molecule has 1 saturated heterocycles. The van der Waals surface area contributed by atoms with Crippen LogP contribution in [0.3, 0.4) is 0 Å². The lowest BCUT2D eigenvalue weighted by atomic mass is 9.97.